The zero-order valence-electron chi connectivity index (χ0n) is 25.5. The Bertz CT molecular complexity index is 1980. The summed E-state index contributed by atoms with van der Waals surface area (Å²) in [6, 6.07) is 16.9. The molecule has 2 aliphatic heterocycles. The lowest BCUT2D eigenvalue weighted by Gasteiger charge is -2.28. The number of nitrogens with one attached hydrogen (secondary N) is 1. The highest BCUT2D eigenvalue weighted by atomic mass is 19.1. The average Bonchev–Trinajstić information content (AvgIpc) is 3.78. The number of halogens is 1. The van der Waals surface area contributed by atoms with Crippen LogP contribution < -0.4 is 10.5 Å². The Morgan fingerprint density at radius 3 is 2.70 bits per heavy atom. The van der Waals surface area contributed by atoms with E-state index in [0.717, 1.165) is 23.1 Å². The first kappa shape index (κ1) is 29.3. The zero-order valence-corrected chi connectivity index (χ0v) is 25.5. The molecule has 0 atom stereocenters. The number of nitrogen functional groups attached to an aromatic ring is 1. The van der Waals surface area contributed by atoms with Crippen LogP contribution in [0.1, 0.15) is 40.0 Å². The van der Waals surface area contributed by atoms with E-state index in [1.54, 1.807) is 40.1 Å². The van der Waals surface area contributed by atoms with Crippen molar-refractivity contribution in [3.63, 3.8) is 0 Å². The smallest absolute Gasteiger partial charge is 0.270 e. The maximum absolute atomic E-state index is 16.6. The number of aromatic amines is 1. The van der Waals surface area contributed by atoms with E-state index in [0.29, 0.717) is 66.3 Å². The number of fused-ring (bicyclic) bond motifs is 2. The Morgan fingerprint density at radius 1 is 1.00 bits per heavy atom. The second-order valence-corrected chi connectivity index (χ2v) is 11.7. The van der Waals surface area contributed by atoms with Gasteiger partial charge in [-0.25, -0.2) is 4.39 Å². The molecule has 2 aromatic heterocycles. The van der Waals surface area contributed by atoms with Crippen LogP contribution in [0.3, 0.4) is 0 Å². The van der Waals surface area contributed by atoms with Crippen LogP contribution in [0.5, 0.6) is 5.75 Å². The SMILES string of the molecule is COc1ccccc1-c1cc(C2=CCCN(C(=O)CCn3ccnn3)C2)c(F)c2[nH]c(C(=O)N3CCc4ccc(N)cc4C3)cc12. The molecule has 5 aromatic rings. The number of amides is 2. The first-order valence-corrected chi connectivity index (χ1v) is 15.4. The molecule has 0 saturated carbocycles. The number of benzene rings is 3. The normalized spacial score (nSPS) is 14.7. The molecule has 7 rings (SSSR count). The first-order valence-electron chi connectivity index (χ1n) is 15.4. The number of aryl methyl sites for hydroxylation is 1. The average molecular weight is 620 g/mol. The zero-order chi connectivity index (χ0) is 31.8. The monoisotopic (exact) mass is 619 g/mol. The molecule has 0 radical (unpaired) electrons. The third-order valence-electron chi connectivity index (χ3n) is 8.89. The lowest BCUT2D eigenvalue weighted by atomic mass is 9.93. The summed E-state index contributed by atoms with van der Waals surface area (Å²) in [5.74, 6) is -0.0850. The molecular weight excluding hydrogens is 585 g/mol. The quantitative estimate of drug-likeness (QED) is 0.246. The van der Waals surface area contributed by atoms with E-state index >= 15 is 4.39 Å². The van der Waals surface area contributed by atoms with Crippen LogP contribution in [-0.4, -0.2) is 68.3 Å². The van der Waals surface area contributed by atoms with Crippen LogP contribution in [-0.2, 0) is 24.3 Å². The molecule has 234 valence electrons. The van der Waals surface area contributed by atoms with E-state index in [4.69, 9.17) is 10.5 Å². The lowest BCUT2D eigenvalue weighted by molar-refractivity contribution is -0.131. The van der Waals surface area contributed by atoms with Crippen molar-refractivity contribution >= 4 is 34.0 Å². The second-order valence-electron chi connectivity index (χ2n) is 11.7. The molecule has 3 N–H and O–H groups in total. The summed E-state index contributed by atoms with van der Waals surface area (Å²) < 4.78 is 23.9. The van der Waals surface area contributed by atoms with Gasteiger partial charge in [0.1, 0.15) is 11.4 Å². The summed E-state index contributed by atoms with van der Waals surface area (Å²) in [5.41, 5.74) is 12.0. The number of carbonyl (C=O) groups excluding carboxylic acids is 2. The lowest BCUT2D eigenvalue weighted by Crippen LogP contribution is -2.36. The van der Waals surface area contributed by atoms with Crippen molar-refractivity contribution in [1.29, 1.82) is 0 Å². The van der Waals surface area contributed by atoms with E-state index in [9.17, 15) is 9.59 Å². The molecule has 2 amide bonds. The molecule has 11 heteroatoms. The summed E-state index contributed by atoms with van der Waals surface area (Å²) >= 11 is 0. The summed E-state index contributed by atoms with van der Waals surface area (Å²) in [7, 11) is 1.60. The number of aromatic nitrogens is 4. The molecule has 4 heterocycles. The van der Waals surface area contributed by atoms with Gasteiger partial charge in [0.25, 0.3) is 5.91 Å². The molecule has 0 bridgehead atoms. The van der Waals surface area contributed by atoms with Gasteiger partial charge in [0.15, 0.2) is 5.82 Å². The highest BCUT2D eigenvalue weighted by Crippen LogP contribution is 2.40. The van der Waals surface area contributed by atoms with Crippen molar-refractivity contribution < 1.29 is 18.7 Å². The van der Waals surface area contributed by atoms with Gasteiger partial charge in [-0.15, -0.1) is 5.10 Å². The summed E-state index contributed by atoms with van der Waals surface area (Å²) in [4.78, 5) is 33.6. The Hall–Kier alpha value is -5.45. The van der Waals surface area contributed by atoms with Gasteiger partial charge < -0.3 is 25.3 Å². The Morgan fingerprint density at radius 2 is 1.87 bits per heavy atom. The van der Waals surface area contributed by atoms with Crippen LogP contribution in [0.2, 0.25) is 0 Å². The minimum Gasteiger partial charge on any atom is -0.496 e. The Balaban J connectivity index is 1.25. The minimum atomic E-state index is -0.465. The van der Waals surface area contributed by atoms with Gasteiger partial charge in [0, 0.05) is 61.0 Å². The van der Waals surface area contributed by atoms with Crippen molar-refractivity contribution in [3.05, 3.63) is 101 Å². The van der Waals surface area contributed by atoms with Gasteiger partial charge in [0.05, 0.1) is 25.4 Å². The van der Waals surface area contributed by atoms with Gasteiger partial charge >= 0.3 is 0 Å². The third-order valence-corrected chi connectivity index (χ3v) is 8.89. The molecule has 2 aliphatic rings. The summed E-state index contributed by atoms with van der Waals surface area (Å²) in [5, 5.41) is 8.31. The molecule has 10 nitrogen and oxygen atoms in total. The number of para-hydroxylation sites is 1. The number of H-pyrrole nitrogens is 1. The molecular formula is C35H34FN7O3. The van der Waals surface area contributed by atoms with Crippen LogP contribution in [0.25, 0.3) is 27.6 Å². The second kappa shape index (κ2) is 12.2. The van der Waals surface area contributed by atoms with Gasteiger partial charge in [-0.2, -0.15) is 0 Å². The largest absolute Gasteiger partial charge is 0.496 e. The molecule has 0 unspecified atom stereocenters. The Kier molecular flexibility index (Phi) is 7.73. The van der Waals surface area contributed by atoms with Crippen LogP contribution in [0.4, 0.5) is 10.1 Å². The maximum Gasteiger partial charge on any atom is 0.270 e. The fourth-order valence-electron chi connectivity index (χ4n) is 6.49. The molecule has 46 heavy (non-hydrogen) atoms. The highest BCUT2D eigenvalue weighted by Gasteiger charge is 2.28. The number of rotatable bonds is 7. The predicted octanol–water partition coefficient (Wildman–Crippen LogP) is 5.06. The third kappa shape index (κ3) is 5.48. The number of ether oxygens (including phenoxy) is 1. The number of nitrogens with two attached hydrogens (primary N) is 1. The fourth-order valence-corrected chi connectivity index (χ4v) is 6.49. The standard InChI is InChI=1S/C35H34FN7O3/c1-46-31-7-3-2-6-26(31)28-18-27(23-5-4-13-41(20-23)32(44)11-15-43-16-12-38-40-43)33(36)34-29(28)19-30(39-34)35(45)42-14-10-22-8-9-25(37)17-24(22)21-42/h2-3,5-9,12,16-19,39H,4,10-11,13-15,20-21,37H2,1H3. The predicted molar refractivity (Wildman–Crippen MR) is 173 cm³/mol. The number of nitrogens with zero attached hydrogens (tertiary/aromatic N) is 5. The number of methoxy groups -OCH3 is 1. The van der Waals surface area contributed by atoms with Crippen molar-refractivity contribution in [2.24, 2.45) is 0 Å². The fraction of sp³-hybridized carbons (Fsp3) is 0.257. The van der Waals surface area contributed by atoms with Crippen LogP contribution >= 0.6 is 0 Å². The van der Waals surface area contributed by atoms with Crippen LogP contribution in [0, 0.1) is 5.82 Å². The molecule has 3 aromatic carbocycles. The number of hydrogen-bond acceptors (Lipinski definition) is 6. The maximum atomic E-state index is 16.6. The van der Waals surface area contributed by atoms with Gasteiger partial charge in [-0.05, 0) is 65.4 Å². The highest BCUT2D eigenvalue weighted by molar-refractivity contribution is 6.05. The molecule has 0 spiro atoms. The van der Waals surface area contributed by atoms with Gasteiger partial charge in [-0.1, -0.05) is 35.6 Å². The van der Waals surface area contributed by atoms with Crippen molar-refractivity contribution in [2.45, 2.75) is 32.4 Å². The van der Waals surface area contributed by atoms with Gasteiger partial charge in [0.2, 0.25) is 5.91 Å². The van der Waals surface area contributed by atoms with Crippen molar-refractivity contribution in [2.75, 3.05) is 32.5 Å². The number of anilines is 1. The minimum absolute atomic E-state index is 0.0369. The van der Waals surface area contributed by atoms with E-state index in [2.05, 4.69) is 15.3 Å². The molecule has 0 fully saturated rings. The van der Waals surface area contributed by atoms with E-state index in [1.165, 1.54) is 5.56 Å². The molecule has 0 aliphatic carbocycles. The van der Waals surface area contributed by atoms with Gasteiger partial charge in [-0.3, -0.25) is 14.3 Å². The number of hydrogen-bond donors (Lipinski definition) is 2. The summed E-state index contributed by atoms with van der Waals surface area (Å²) in [6.45, 7) is 2.21. The first-order chi connectivity index (χ1) is 22.4. The van der Waals surface area contributed by atoms with Crippen molar-refractivity contribution in [3.8, 4) is 16.9 Å². The topological polar surface area (TPSA) is 122 Å². The van der Waals surface area contributed by atoms with E-state index in [1.807, 2.05) is 54.6 Å². The summed E-state index contributed by atoms with van der Waals surface area (Å²) in [6.07, 6.45) is 6.86. The van der Waals surface area contributed by atoms with Crippen molar-refractivity contribution in [1.82, 2.24) is 29.8 Å². The Labute approximate surface area is 265 Å². The molecule has 0 saturated heterocycles. The van der Waals surface area contributed by atoms with E-state index in [-0.39, 0.29) is 30.3 Å². The number of carbonyl (C=O) groups is 2. The van der Waals surface area contributed by atoms with E-state index < -0.39 is 5.82 Å². The van der Waals surface area contributed by atoms with Crippen LogP contribution in [0.15, 0.2) is 73.1 Å².